The summed E-state index contributed by atoms with van der Waals surface area (Å²) in [5.74, 6) is 0.570. The summed E-state index contributed by atoms with van der Waals surface area (Å²) in [6, 6.07) is 0. The van der Waals surface area contributed by atoms with Crippen molar-refractivity contribution in [3.8, 4) is 0 Å². The SMILES string of the molecule is CCNC(=NCC(=O)NC(C)(C)C)NCCCOCC1CCCO1. The molecule has 140 valence electrons. The molecule has 24 heavy (non-hydrogen) atoms. The van der Waals surface area contributed by atoms with Crippen LogP contribution in [0, 0.1) is 0 Å². The molecule has 0 saturated carbocycles. The molecule has 0 radical (unpaired) electrons. The van der Waals surface area contributed by atoms with Crippen LogP contribution >= 0.6 is 0 Å². The van der Waals surface area contributed by atoms with Crippen molar-refractivity contribution in [1.29, 1.82) is 0 Å². The van der Waals surface area contributed by atoms with Gasteiger partial charge in [-0.05, 0) is 47.0 Å². The van der Waals surface area contributed by atoms with Crippen molar-refractivity contribution in [2.24, 2.45) is 4.99 Å². The molecule has 0 aromatic rings. The van der Waals surface area contributed by atoms with Crippen LogP contribution < -0.4 is 16.0 Å². The molecule has 1 amide bonds. The molecule has 1 aliphatic rings. The molecule has 1 atom stereocenters. The van der Waals surface area contributed by atoms with E-state index in [0.717, 1.165) is 39.0 Å². The third-order valence-corrected chi connectivity index (χ3v) is 3.33. The Labute approximate surface area is 146 Å². The molecule has 0 aliphatic carbocycles. The van der Waals surface area contributed by atoms with E-state index >= 15 is 0 Å². The van der Waals surface area contributed by atoms with Gasteiger partial charge >= 0.3 is 0 Å². The first kappa shape index (κ1) is 20.7. The van der Waals surface area contributed by atoms with Crippen LogP contribution in [0.15, 0.2) is 4.99 Å². The van der Waals surface area contributed by atoms with Crippen LogP contribution in [0.2, 0.25) is 0 Å². The molecule has 7 nitrogen and oxygen atoms in total. The van der Waals surface area contributed by atoms with Crippen molar-refractivity contribution < 1.29 is 14.3 Å². The zero-order valence-corrected chi connectivity index (χ0v) is 15.6. The van der Waals surface area contributed by atoms with Crippen molar-refractivity contribution in [2.75, 3.05) is 39.5 Å². The number of hydrogen-bond acceptors (Lipinski definition) is 4. The number of aliphatic imine (C=N–C) groups is 1. The lowest BCUT2D eigenvalue weighted by Crippen LogP contribution is -2.43. The molecular weight excluding hydrogens is 308 g/mol. The Morgan fingerprint density at radius 1 is 1.33 bits per heavy atom. The Morgan fingerprint density at radius 2 is 2.12 bits per heavy atom. The quantitative estimate of drug-likeness (QED) is 0.331. The molecule has 1 heterocycles. The van der Waals surface area contributed by atoms with Gasteiger partial charge in [0.1, 0.15) is 6.54 Å². The maximum Gasteiger partial charge on any atom is 0.242 e. The largest absolute Gasteiger partial charge is 0.379 e. The van der Waals surface area contributed by atoms with Crippen LogP contribution in [0.3, 0.4) is 0 Å². The van der Waals surface area contributed by atoms with Crippen LogP contribution in [0.4, 0.5) is 0 Å². The third kappa shape index (κ3) is 10.4. The zero-order valence-electron chi connectivity index (χ0n) is 15.6. The first-order valence-corrected chi connectivity index (χ1v) is 8.93. The average molecular weight is 342 g/mol. The fourth-order valence-electron chi connectivity index (χ4n) is 2.32. The highest BCUT2D eigenvalue weighted by atomic mass is 16.5. The molecule has 1 aliphatic heterocycles. The van der Waals surface area contributed by atoms with Crippen LogP contribution in [-0.4, -0.2) is 63.0 Å². The number of nitrogens with one attached hydrogen (secondary N) is 3. The molecule has 0 aromatic carbocycles. The summed E-state index contributed by atoms with van der Waals surface area (Å²) in [6.45, 7) is 11.7. The van der Waals surface area contributed by atoms with Gasteiger partial charge in [0.15, 0.2) is 5.96 Å². The van der Waals surface area contributed by atoms with Crippen molar-refractivity contribution in [1.82, 2.24) is 16.0 Å². The van der Waals surface area contributed by atoms with Gasteiger partial charge in [-0.25, -0.2) is 4.99 Å². The average Bonchev–Trinajstić information content (AvgIpc) is 2.99. The molecule has 1 saturated heterocycles. The first-order chi connectivity index (χ1) is 11.4. The van der Waals surface area contributed by atoms with E-state index in [4.69, 9.17) is 9.47 Å². The normalized spacial score (nSPS) is 18.5. The Kier molecular flexibility index (Phi) is 9.71. The van der Waals surface area contributed by atoms with Gasteiger partial charge in [-0.1, -0.05) is 0 Å². The van der Waals surface area contributed by atoms with Gasteiger partial charge < -0.3 is 25.4 Å². The maximum absolute atomic E-state index is 11.8. The summed E-state index contributed by atoms with van der Waals surface area (Å²) in [6.07, 6.45) is 3.40. The van der Waals surface area contributed by atoms with Crippen molar-refractivity contribution in [3.05, 3.63) is 0 Å². The smallest absolute Gasteiger partial charge is 0.242 e. The number of carbonyl (C=O) groups excluding carboxylic acids is 1. The number of amides is 1. The van der Waals surface area contributed by atoms with Gasteiger partial charge in [-0.2, -0.15) is 0 Å². The topological polar surface area (TPSA) is 84.0 Å². The van der Waals surface area contributed by atoms with E-state index < -0.39 is 0 Å². The number of hydrogen-bond donors (Lipinski definition) is 3. The molecule has 1 fully saturated rings. The molecule has 1 rings (SSSR count). The van der Waals surface area contributed by atoms with E-state index in [0.29, 0.717) is 19.2 Å². The van der Waals surface area contributed by atoms with Crippen LogP contribution in [0.5, 0.6) is 0 Å². The molecular formula is C17H34N4O3. The van der Waals surface area contributed by atoms with Crippen LogP contribution in [0.25, 0.3) is 0 Å². The minimum Gasteiger partial charge on any atom is -0.379 e. The van der Waals surface area contributed by atoms with Gasteiger partial charge in [0.25, 0.3) is 0 Å². The number of carbonyl (C=O) groups is 1. The Balaban J connectivity index is 2.17. The minimum absolute atomic E-state index is 0.0837. The summed E-state index contributed by atoms with van der Waals surface area (Å²) in [4.78, 5) is 16.1. The van der Waals surface area contributed by atoms with Crippen molar-refractivity contribution in [3.63, 3.8) is 0 Å². The predicted octanol–water partition coefficient (Wildman–Crippen LogP) is 1.04. The van der Waals surface area contributed by atoms with E-state index in [-0.39, 0.29) is 24.1 Å². The maximum atomic E-state index is 11.8. The van der Waals surface area contributed by atoms with Gasteiger partial charge in [0.05, 0.1) is 12.7 Å². The summed E-state index contributed by atoms with van der Waals surface area (Å²) in [7, 11) is 0. The van der Waals surface area contributed by atoms with E-state index in [1.807, 2.05) is 27.7 Å². The highest BCUT2D eigenvalue weighted by Crippen LogP contribution is 2.11. The number of rotatable bonds is 9. The lowest BCUT2D eigenvalue weighted by atomic mass is 10.1. The fraction of sp³-hybridized carbons (Fsp3) is 0.882. The molecule has 0 bridgehead atoms. The highest BCUT2D eigenvalue weighted by molar-refractivity contribution is 5.85. The minimum atomic E-state index is -0.237. The van der Waals surface area contributed by atoms with Crippen LogP contribution in [0.1, 0.15) is 47.0 Å². The Bertz CT molecular complexity index is 388. The first-order valence-electron chi connectivity index (χ1n) is 8.93. The van der Waals surface area contributed by atoms with Crippen LogP contribution in [-0.2, 0) is 14.3 Å². The number of nitrogens with zero attached hydrogens (tertiary/aromatic N) is 1. The molecule has 0 aromatic heterocycles. The molecule has 7 heteroatoms. The lowest BCUT2D eigenvalue weighted by Gasteiger charge is -2.20. The zero-order chi connectivity index (χ0) is 17.8. The Morgan fingerprint density at radius 3 is 2.75 bits per heavy atom. The van der Waals surface area contributed by atoms with Crippen molar-refractivity contribution >= 4 is 11.9 Å². The second-order valence-electron chi connectivity index (χ2n) is 6.98. The lowest BCUT2D eigenvalue weighted by molar-refractivity contribution is -0.121. The van der Waals surface area contributed by atoms with E-state index in [9.17, 15) is 4.79 Å². The van der Waals surface area contributed by atoms with Crippen molar-refractivity contribution in [2.45, 2.75) is 58.6 Å². The van der Waals surface area contributed by atoms with Gasteiger partial charge in [0.2, 0.25) is 5.91 Å². The van der Waals surface area contributed by atoms with E-state index in [1.165, 1.54) is 0 Å². The van der Waals surface area contributed by atoms with Gasteiger partial charge in [-0.15, -0.1) is 0 Å². The second-order valence-corrected chi connectivity index (χ2v) is 6.98. The second kappa shape index (κ2) is 11.3. The molecule has 3 N–H and O–H groups in total. The summed E-state index contributed by atoms with van der Waals surface area (Å²) < 4.78 is 11.1. The number of guanidine groups is 1. The molecule has 1 unspecified atom stereocenters. The highest BCUT2D eigenvalue weighted by Gasteiger charge is 2.15. The summed E-state index contributed by atoms with van der Waals surface area (Å²) >= 11 is 0. The van der Waals surface area contributed by atoms with Gasteiger partial charge in [0, 0.05) is 31.8 Å². The summed E-state index contributed by atoms with van der Waals surface area (Å²) in [5, 5.41) is 9.24. The Hall–Kier alpha value is -1.34. The predicted molar refractivity (Wildman–Crippen MR) is 96.3 cm³/mol. The fourth-order valence-corrected chi connectivity index (χ4v) is 2.32. The van der Waals surface area contributed by atoms with Gasteiger partial charge in [-0.3, -0.25) is 4.79 Å². The van der Waals surface area contributed by atoms with E-state index in [2.05, 4.69) is 20.9 Å². The van der Waals surface area contributed by atoms with E-state index in [1.54, 1.807) is 0 Å². The summed E-state index contributed by atoms with van der Waals surface area (Å²) in [5.41, 5.74) is -0.237. The standard InChI is InChI=1S/C17H34N4O3/c1-5-18-16(20-12-15(22)21-17(2,3)4)19-9-7-10-23-13-14-8-6-11-24-14/h14H,5-13H2,1-4H3,(H,21,22)(H2,18,19,20). The monoisotopic (exact) mass is 342 g/mol. The third-order valence-electron chi connectivity index (χ3n) is 3.33. The number of ether oxygens (including phenoxy) is 2. The molecule has 0 spiro atoms.